The Morgan fingerprint density at radius 2 is 1.79 bits per heavy atom. The summed E-state index contributed by atoms with van der Waals surface area (Å²) in [6.45, 7) is 0.863. The number of ether oxygens (including phenoxy) is 1. The van der Waals surface area contributed by atoms with Gasteiger partial charge >= 0.3 is 0 Å². The number of hydrogen-bond donors (Lipinski definition) is 2. The number of rotatable bonds is 10. The molecule has 0 bridgehead atoms. The lowest BCUT2D eigenvalue weighted by atomic mass is 10.2. The van der Waals surface area contributed by atoms with Crippen LogP contribution < -0.4 is 10.1 Å². The van der Waals surface area contributed by atoms with Crippen LogP contribution in [0.2, 0.25) is 0 Å². The van der Waals surface area contributed by atoms with Crippen molar-refractivity contribution in [1.29, 1.82) is 5.26 Å². The van der Waals surface area contributed by atoms with E-state index in [4.69, 9.17) is 15.0 Å². The summed E-state index contributed by atoms with van der Waals surface area (Å²) in [5.74, 6) is 1.30. The number of fused-ring (bicyclic) bond motifs is 1. The highest BCUT2D eigenvalue weighted by molar-refractivity contribution is 5.94. The first-order chi connectivity index (χ1) is 16.6. The first-order valence-electron chi connectivity index (χ1n) is 11.2. The van der Waals surface area contributed by atoms with E-state index in [1.807, 2.05) is 59.2 Å². The molecule has 34 heavy (non-hydrogen) atoms. The number of aliphatic hydroxyl groups is 1. The molecule has 1 unspecified atom stereocenters. The van der Waals surface area contributed by atoms with Gasteiger partial charge < -0.3 is 19.7 Å². The lowest BCUT2D eigenvalue weighted by Gasteiger charge is -2.16. The molecule has 0 aliphatic heterocycles. The van der Waals surface area contributed by atoms with Crippen LogP contribution in [0.3, 0.4) is 0 Å². The van der Waals surface area contributed by atoms with E-state index in [1.54, 1.807) is 24.3 Å². The van der Waals surface area contributed by atoms with E-state index in [2.05, 4.69) is 11.4 Å². The van der Waals surface area contributed by atoms with Gasteiger partial charge in [-0.05, 0) is 42.0 Å². The molecule has 4 rings (SSSR count). The molecule has 0 saturated carbocycles. The molecule has 0 aliphatic carbocycles. The quantitative estimate of drug-likeness (QED) is 0.382. The molecule has 4 aromatic rings. The molecule has 3 aromatic carbocycles. The van der Waals surface area contributed by atoms with E-state index in [0.29, 0.717) is 37.2 Å². The molecular formula is C27H26N4O3. The molecule has 0 aliphatic rings. The summed E-state index contributed by atoms with van der Waals surface area (Å²) in [5.41, 5.74) is 3.30. The number of amides is 1. The summed E-state index contributed by atoms with van der Waals surface area (Å²) < 4.78 is 7.72. The van der Waals surface area contributed by atoms with Crippen molar-refractivity contribution in [1.82, 2.24) is 14.9 Å². The van der Waals surface area contributed by atoms with Crippen molar-refractivity contribution in [3.63, 3.8) is 0 Å². The van der Waals surface area contributed by atoms with Crippen molar-refractivity contribution in [2.24, 2.45) is 0 Å². The summed E-state index contributed by atoms with van der Waals surface area (Å²) in [5, 5.41) is 22.4. The van der Waals surface area contributed by atoms with Gasteiger partial charge in [-0.25, -0.2) is 4.98 Å². The number of carbonyl (C=O) groups excluding carboxylic acids is 1. The average molecular weight is 455 g/mol. The maximum Gasteiger partial charge on any atom is 0.251 e. The molecule has 7 nitrogen and oxygen atoms in total. The van der Waals surface area contributed by atoms with Crippen molar-refractivity contribution in [3.05, 3.63) is 95.8 Å². The molecular weight excluding hydrogens is 428 g/mol. The predicted molar refractivity (Wildman–Crippen MR) is 129 cm³/mol. The number of para-hydroxylation sites is 2. The Bertz CT molecular complexity index is 1280. The first kappa shape index (κ1) is 23.0. The zero-order valence-electron chi connectivity index (χ0n) is 18.7. The number of benzene rings is 3. The number of aliphatic hydroxyl groups excluding tert-OH is 1. The van der Waals surface area contributed by atoms with Gasteiger partial charge in [-0.15, -0.1) is 0 Å². The Hall–Kier alpha value is -4.15. The third kappa shape index (κ3) is 5.80. The summed E-state index contributed by atoms with van der Waals surface area (Å²) >= 11 is 0. The maximum atomic E-state index is 12.3. The third-order valence-corrected chi connectivity index (χ3v) is 5.45. The Balaban J connectivity index is 1.39. The standard InChI is InChI=1S/C27H26N4O3/c28-16-14-20-10-12-23(13-11-20)34-19-22(32)18-31-25-9-5-4-8-24(25)30-26(31)15-17-29-27(33)21-6-2-1-3-7-21/h1-13,22,32H,14-15,17-19H2,(H,29,33). The molecule has 0 saturated heterocycles. The van der Waals surface area contributed by atoms with E-state index < -0.39 is 6.10 Å². The molecule has 1 heterocycles. The van der Waals surface area contributed by atoms with E-state index in [1.165, 1.54) is 0 Å². The normalized spacial score (nSPS) is 11.6. The van der Waals surface area contributed by atoms with Crippen LogP contribution in [0.5, 0.6) is 5.75 Å². The van der Waals surface area contributed by atoms with E-state index in [9.17, 15) is 9.90 Å². The molecule has 1 amide bonds. The minimum Gasteiger partial charge on any atom is -0.491 e. The second-order valence-electron chi connectivity index (χ2n) is 7.94. The highest BCUT2D eigenvalue weighted by atomic mass is 16.5. The van der Waals surface area contributed by atoms with Gasteiger partial charge in [-0.2, -0.15) is 5.26 Å². The van der Waals surface area contributed by atoms with Crippen LogP contribution in [0.1, 0.15) is 21.7 Å². The Labute approximate surface area is 198 Å². The highest BCUT2D eigenvalue weighted by Gasteiger charge is 2.15. The average Bonchev–Trinajstić information content (AvgIpc) is 3.21. The van der Waals surface area contributed by atoms with E-state index in [0.717, 1.165) is 22.4 Å². The fourth-order valence-electron chi connectivity index (χ4n) is 3.75. The highest BCUT2D eigenvalue weighted by Crippen LogP contribution is 2.18. The monoisotopic (exact) mass is 454 g/mol. The largest absolute Gasteiger partial charge is 0.491 e. The molecule has 1 atom stereocenters. The Morgan fingerprint density at radius 3 is 2.56 bits per heavy atom. The third-order valence-electron chi connectivity index (χ3n) is 5.45. The van der Waals surface area contributed by atoms with Crippen LogP contribution in [-0.4, -0.2) is 39.8 Å². The van der Waals surface area contributed by atoms with Gasteiger partial charge in [-0.1, -0.05) is 42.5 Å². The van der Waals surface area contributed by atoms with Gasteiger partial charge in [0.2, 0.25) is 0 Å². The van der Waals surface area contributed by atoms with Gasteiger partial charge in [0, 0.05) is 18.5 Å². The maximum absolute atomic E-state index is 12.3. The number of nitrogens with one attached hydrogen (secondary N) is 1. The van der Waals surface area contributed by atoms with E-state index >= 15 is 0 Å². The number of carbonyl (C=O) groups is 1. The summed E-state index contributed by atoms with van der Waals surface area (Å²) in [6.07, 6.45) is 0.126. The SMILES string of the molecule is N#CCc1ccc(OCC(O)Cn2c(CCNC(=O)c3ccccc3)nc3ccccc32)cc1. The van der Waals surface area contributed by atoms with Crippen molar-refractivity contribution in [2.45, 2.75) is 25.5 Å². The second-order valence-corrected chi connectivity index (χ2v) is 7.94. The topological polar surface area (TPSA) is 100 Å². The van der Waals surface area contributed by atoms with Crippen LogP contribution in [0.25, 0.3) is 11.0 Å². The molecule has 172 valence electrons. The van der Waals surface area contributed by atoms with Gasteiger partial charge in [0.05, 0.1) is 30.1 Å². The number of nitrogens with zero attached hydrogens (tertiary/aromatic N) is 3. The zero-order valence-corrected chi connectivity index (χ0v) is 18.7. The molecule has 0 fully saturated rings. The fraction of sp³-hybridized carbons (Fsp3) is 0.222. The Morgan fingerprint density at radius 1 is 1.06 bits per heavy atom. The summed E-state index contributed by atoms with van der Waals surface area (Å²) in [4.78, 5) is 17.1. The minimum atomic E-state index is -0.756. The number of imidazole rings is 1. The van der Waals surface area contributed by atoms with Crippen LogP contribution in [0.4, 0.5) is 0 Å². The molecule has 1 aromatic heterocycles. The summed E-state index contributed by atoms with van der Waals surface area (Å²) in [7, 11) is 0. The van der Waals surface area contributed by atoms with Crippen LogP contribution in [0.15, 0.2) is 78.9 Å². The van der Waals surface area contributed by atoms with Crippen LogP contribution in [-0.2, 0) is 19.4 Å². The zero-order chi connectivity index (χ0) is 23.8. The fourth-order valence-corrected chi connectivity index (χ4v) is 3.75. The van der Waals surface area contributed by atoms with Gasteiger partial charge in [0.25, 0.3) is 5.91 Å². The predicted octanol–water partition coefficient (Wildman–Crippen LogP) is 3.51. The number of nitriles is 1. The van der Waals surface area contributed by atoms with Gasteiger partial charge in [-0.3, -0.25) is 4.79 Å². The number of hydrogen-bond acceptors (Lipinski definition) is 5. The van der Waals surface area contributed by atoms with Gasteiger partial charge in [0.15, 0.2) is 0 Å². The van der Waals surface area contributed by atoms with Crippen molar-refractivity contribution in [2.75, 3.05) is 13.2 Å². The van der Waals surface area contributed by atoms with Crippen molar-refractivity contribution < 1.29 is 14.6 Å². The van der Waals surface area contributed by atoms with Crippen LogP contribution >= 0.6 is 0 Å². The lowest BCUT2D eigenvalue weighted by Crippen LogP contribution is -2.28. The summed E-state index contributed by atoms with van der Waals surface area (Å²) in [6, 6.07) is 26.3. The molecule has 2 N–H and O–H groups in total. The van der Waals surface area contributed by atoms with Gasteiger partial charge in [0.1, 0.15) is 24.3 Å². The van der Waals surface area contributed by atoms with Crippen molar-refractivity contribution >= 4 is 16.9 Å². The minimum absolute atomic E-state index is 0.119. The Kier molecular flexibility index (Phi) is 7.53. The lowest BCUT2D eigenvalue weighted by molar-refractivity contribution is 0.0922. The first-order valence-corrected chi connectivity index (χ1v) is 11.2. The van der Waals surface area contributed by atoms with E-state index in [-0.39, 0.29) is 12.5 Å². The molecule has 0 radical (unpaired) electrons. The molecule has 7 heteroatoms. The number of aromatic nitrogens is 2. The molecule has 0 spiro atoms. The van der Waals surface area contributed by atoms with Crippen molar-refractivity contribution in [3.8, 4) is 11.8 Å². The van der Waals surface area contributed by atoms with Crippen LogP contribution in [0, 0.1) is 11.3 Å². The second kappa shape index (κ2) is 11.1. The smallest absolute Gasteiger partial charge is 0.251 e.